The zero-order chi connectivity index (χ0) is 19.8. The molecule has 2 N–H and O–H groups in total. The van der Waals surface area contributed by atoms with E-state index in [-0.39, 0.29) is 22.8 Å². The number of aromatic nitrogens is 2. The van der Waals surface area contributed by atoms with Crippen LogP contribution in [0.3, 0.4) is 0 Å². The number of aromatic amines is 1. The van der Waals surface area contributed by atoms with Crippen molar-refractivity contribution in [1.82, 2.24) is 15.1 Å². The number of rotatable bonds is 4. The molecule has 4 rings (SSSR count). The number of likely N-dealkylation sites (tertiary alicyclic amines) is 1. The summed E-state index contributed by atoms with van der Waals surface area (Å²) in [4.78, 5) is 13.6. The molecular weight excluding hydrogens is 378 g/mol. The Morgan fingerprint density at radius 1 is 1.39 bits per heavy atom. The summed E-state index contributed by atoms with van der Waals surface area (Å²) in [6.45, 7) is 6.64. The Labute approximate surface area is 167 Å². The second kappa shape index (κ2) is 7.20. The van der Waals surface area contributed by atoms with Crippen LogP contribution < -0.4 is 4.74 Å². The number of fused-ring (bicyclic) bond motifs is 1. The first-order valence-electron chi connectivity index (χ1n) is 9.02. The van der Waals surface area contributed by atoms with Crippen LogP contribution in [-0.2, 0) is 4.79 Å². The highest BCUT2D eigenvalue weighted by atomic mass is 35.5. The van der Waals surface area contributed by atoms with E-state index in [2.05, 4.69) is 16.8 Å². The van der Waals surface area contributed by atoms with E-state index in [0.29, 0.717) is 18.8 Å². The monoisotopic (exact) mass is 397 g/mol. The van der Waals surface area contributed by atoms with Crippen LogP contribution in [0.1, 0.15) is 12.1 Å². The lowest BCUT2D eigenvalue weighted by Gasteiger charge is -2.17. The van der Waals surface area contributed by atoms with Gasteiger partial charge in [0.25, 0.3) is 0 Å². The molecule has 1 saturated heterocycles. The molecule has 1 aliphatic rings. The van der Waals surface area contributed by atoms with Gasteiger partial charge in [-0.2, -0.15) is 5.10 Å². The molecule has 28 heavy (non-hydrogen) atoms. The van der Waals surface area contributed by atoms with Crippen LogP contribution in [-0.4, -0.2) is 45.3 Å². The topological polar surface area (TPSA) is 78.5 Å². The van der Waals surface area contributed by atoms with E-state index >= 15 is 0 Å². The van der Waals surface area contributed by atoms with Crippen molar-refractivity contribution in [3.8, 4) is 22.6 Å². The van der Waals surface area contributed by atoms with Crippen molar-refractivity contribution in [2.45, 2.75) is 19.4 Å². The quantitative estimate of drug-likeness (QED) is 0.650. The highest BCUT2D eigenvalue weighted by Gasteiger charge is 2.27. The molecule has 1 aromatic heterocycles. The summed E-state index contributed by atoms with van der Waals surface area (Å²) >= 11 is 6.08. The lowest BCUT2D eigenvalue weighted by Crippen LogP contribution is -2.29. The third-order valence-corrected chi connectivity index (χ3v) is 5.32. The number of halogens is 1. The SMILES string of the molecule is C=CC(=O)N1CC[C@H](Oc2cc(-c3ccc(O)c(Cl)c3)cc3[nH]nc(C)c23)C1. The van der Waals surface area contributed by atoms with Crippen molar-refractivity contribution in [2.75, 3.05) is 13.1 Å². The number of phenols is 1. The summed E-state index contributed by atoms with van der Waals surface area (Å²) in [6.07, 6.45) is 1.99. The number of hydrogen-bond acceptors (Lipinski definition) is 4. The largest absolute Gasteiger partial charge is 0.506 e. The first-order chi connectivity index (χ1) is 13.5. The molecule has 2 heterocycles. The maximum absolute atomic E-state index is 11.8. The molecular formula is C21H20ClN3O3. The van der Waals surface area contributed by atoms with Gasteiger partial charge in [0.2, 0.25) is 5.91 Å². The molecule has 144 valence electrons. The summed E-state index contributed by atoms with van der Waals surface area (Å²) in [5.74, 6) is 0.669. The van der Waals surface area contributed by atoms with E-state index < -0.39 is 0 Å². The van der Waals surface area contributed by atoms with Gasteiger partial charge in [0.05, 0.1) is 28.2 Å². The Kier molecular flexibility index (Phi) is 4.73. The predicted molar refractivity (Wildman–Crippen MR) is 109 cm³/mol. The number of nitrogens with one attached hydrogen (secondary N) is 1. The smallest absolute Gasteiger partial charge is 0.246 e. The summed E-state index contributed by atoms with van der Waals surface area (Å²) < 4.78 is 6.30. The van der Waals surface area contributed by atoms with Crippen molar-refractivity contribution >= 4 is 28.4 Å². The predicted octanol–water partition coefficient (Wildman–Crippen LogP) is 4.06. The molecule has 0 aliphatic carbocycles. The van der Waals surface area contributed by atoms with Gasteiger partial charge in [-0.05, 0) is 48.4 Å². The number of hydrogen-bond donors (Lipinski definition) is 2. The summed E-state index contributed by atoms with van der Waals surface area (Å²) in [7, 11) is 0. The third kappa shape index (κ3) is 3.31. The standard InChI is InChI=1S/C21H20ClN3O3/c1-3-20(27)25-7-6-15(11-25)28-19-10-14(9-17-21(19)12(2)23-24-17)13-4-5-18(26)16(22)8-13/h3-5,8-10,15,26H,1,6-7,11H2,2H3,(H,23,24)/t15-/m0/s1. The Hall–Kier alpha value is -2.99. The maximum atomic E-state index is 11.8. The molecule has 0 bridgehead atoms. The van der Waals surface area contributed by atoms with Gasteiger partial charge in [-0.15, -0.1) is 0 Å². The van der Waals surface area contributed by atoms with Gasteiger partial charge in [-0.3, -0.25) is 9.89 Å². The summed E-state index contributed by atoms with van der Waals surface area (Å²) in [5, 5.41) is 18.2. The van der Waals surface area contributed by atoms with Crippen molar-refractivity contribution < 1.29 is 14.6 Å². The molecule has 1 aliphatic heterocycles. The minimum atomic E-state index is -0.0972. The highest BCUT2D eigenvalue weighted by Crippen LogP contribution is 2.36. The Bertz CT molecular complexity index is 1080. The minimum Gasteiger partial charge on any atom is -0.506 e. The van der Waals surface area contributed by atoms with Crippen molar-refractivity contribution in [3.63, 3.8) is 0 Å². The molecule has 1 atom stereocenters. The van der Waals surface area contributed by atoms with Crippen LogP contribution in [0, 0.1) is 6.92 Å². The average molecular weight is 398 g/mol. The number of H-pyrrole nitrogens is 1. The molecule has 7 heteroatoms. The molecule has 0 radical (unpaired) electrons. The van der Waals surface area contributed by atoms with Crippen LogP contribution in [0.4, 0.5) is 0 Å². The van der Waals surface area contributed by atoms with Gasteiger partial charge in [0.1, 0.15) is 17.6 Å². The van der Waals surface area contributed by atoms with Gasteiger partial charge in [0.15, 0.2) is 0 Å². The molecule has 0 spiro atoms. The summed E-state index contributed by atoms with van der Waals surface area (Å²) in [5.41, 5.74) is 3.45. The average Bonchev–Trinajstić information content (AvgIpc) is 3.30. The van der Waals surface area contributed by atoms with E-state index in [1.165, 1.54) is 6.08 Å². The first-order valence-corrected chi connectivity index (χ1v) is 9.39. The molecule has 1 amide bonds. The number of aryl methyl sites for hydroxylation is 1. The van der Waals surface area contributed by atoms with Crippen LogP contribution in [0.25, 0.3) is 22.0 Å². The van der Waals surface area contributed by atoms with E-state index in [4.69, 9.17) is 16.3 Å². The molecule has 0 saturated carbocycles. The van der Waals surface area contributed by atoms with Gasteiger partial charge >= 0.3 is 0 Å². The fourth-order valence-electron chi connectivity index (χ4n) is 3.56. The first kappa shape index (κ1) is 18.4. The van der Waals surface area contributed by atoms with Crippen LogP contribution in [0.15, 0.2) is 43.0 Å². The van der Waals surface area contributed by atoms with E-state index in [9.17, 15) is 9.90 Å². The van der Waals surface area contributed by atoms with Gasteiger partial charge < -0.3 is 14.7 Å². The third-order valence-electron chi connectivity index (χ3n) is 5.01. The maximum Gasteiger partial charge on any atom is 0.246 e. The van der Waals surface area contributed by atoms with Crippen LogP contribution >= 0.6 is 11.6 Å². The number of phenolic OH excluding ortho intramolecular Hbond substituents is 1. The van der Waals surface area contributed by atoms with Crippen molar-refractivity contribution in [3.05, 3.63) is 53.7 Å². The second-order valence-electron chi connectivity index (χ2n) is 6.89. The van der Waals surface area contributed by atoms with Gasteiger partial charge in [-0.1, -0.05) is 24.2 Å². The number of amides is 1. The highest BCUT2D eigenvalue weighted by molar-refractivity contribution is 6.32. The number of ether oxygens (including phenoxy) is 1. The van der Waals surface area contributed by atoms with E-state index in [1.807, 2.05) is 19.1 Å². The van der Waals surface area contributed by atoms with Gasteiger partial charge in [-0.25, -0.2) is 0 Å². The van der Waals surface area contributed by atoms with E-state index in [0.717, 1.165) is 34.1 Å². The Morgan fingerprint density at radius 2 is 2.21 bits per heavy atom. The zero-order valence-corrected chi connectivity index (χ0v) is 16.2. The number of carbonyl (C=O) groups is 1. The fraction of sp³-hybridized carbons (Fsp3) is 0.238. The van der Waals surface area contributed by atoms with Crippen LogP contribution in [0.5, 0.6) is 11.5 Å². The second-order valence-corrected chi connectivity index (χ2v) is 7.30. The fourth-order valence-corrected chi connectivity index (χ4v) is 3.74. The Balaban J connectivity index is 1.70. The molecule has 1 fully saturated rings. The number of nitrogens with zero attached hydrogens (tertiary/aromatic N) is 2. The van der Waals surface area contributed by atoms with Crippen LogP contribution in [0.2, 0.25) is 5.02 Å². The van der Waals surface area contributed by atoms with Crippen molar-refractivity contribution in [2.24, 2.45) is 0 Å². The van der Waals surface area contributed by atoms with E-state index in [1.54, 1.807) is 23.1 Å². The minimum absolute atomic E-state index is 0.0401. The number of carbonyl (C=O) groups excluding carboxylic acids is 1. The molecule has 2 aromatic carbocycles. The lowest BCUT2D eigenvalue weighted by molar-refractivity contribution is -0.125. The lowest BCUT2D eigenvalue weighted by atomic mass is 10.0. The number of aromatic hydroxyl groups is 1. The summed E-state index contributed by atoms with van der Waals surface area (Å²) in [6, 6.07) is 9.01. The zero-order valence-electron chi connectivity index (χ0n) is 15.4. The normalized spacial score (nSPS) is 16.5. The number of benzene rings is 2. The van der Waals surface area contributed by atoms with Crippen molar-refractivity contribution in [1.29, 1.82) is 0 Å². The molecule has 3 aromatic rings. The molecule has 6 nitrogen and oxygen atoms in total. The van der Waals surface area contributed by atoms with Gasteiger partial charge in [0, 0.05) is 13.0 Å². The Morgan fingerprint density at radius 3 is 2.96 bits per heavy atom. The molecule has 0 unspecified atom stereocenters.